The topological polar surface area (TPSA) is 75.2 Å². The highest BCUT2D eigenvalue weighted by Crippen LogP contribution is 2.38. The van der Waals surface area contributed by atoms with Gasteiger partial charge in [0.2, 0.25) is 0 Å². The summed E-state index contributed by atoms with van der Waals surface area (Å²) in [6, 6.07) is 16.4. The lowest BCUT2D eigenvalue weighted by molar-refractivity contribution is -0.168. The standard InChI is InChI=1S/C24H26N2O3S/c1-14-6-4-8-16(10-14)20-21(17-9-5-7-15(2)11-17)26-23(25-20)22(30)18-12-24(3,28)13-19(27)29-18/h4-11,18,22,28,30H,12-13H2,1-3H3,(H,25,26)/t18-,22?,24?/m0/s1. The lowest BCUT2D eigenvalue weighted by Gasteiger charge is -2.35. The minimum Gasteiger partial charge on any atom is -0.461 e. The van der Waals surface area contributed by atoms with Crippen molar-refractivity contribution < 1.29 is 14.6 Å². The van der Waals surface area contributed by atoms with Gasteiger partial charge in [-0.25, -0.2) is 4.98 Å². The van der Waals surface area contributed by atoms with Crippen LogP contribution in [0.1, 0.15) is 42.0 Å². The number of ether oxygens (including phenoxy) is 1. The molecule has 5 nitrogen and oxygen atoms in total. The van der Waals surface area contributed by atoms with Crippen molar-refractivity contribution in [1.29, 1.82) is 0 Å². The van der Waals surface area contributed by atoms with Crippen molar-refractivity contribution in [3.63, 3.8) is 0 Å². The molecular formula is C24H26N2O3S. The lowest BCUT2D eigenvalue weighted by Crippen LogP contribution is -2.42. The van der Waals surface area contributed by atoms with E-state index in [1.807, 2.05) is 37.3 Å². The second-order valence-electron chi connectivity index (χ2n) is 8.44. The fraction of sp³-hybridized carbons (Fsp3) is 0.333. The molecule has 1 saturated heterocycles. The molecular weight excluding hydrogens is 396 g/mol. The number of esters is 1. The van der Waals surface area contributed by atoms with Crippen LogP contribution in [-0.4, -0.2) is 32.7 Å². The lowest BCUT2D eigenvalue weighted by atomic mass is 9.90. The van der Waals surface area contributed by atoms with Crippen molar-refractivity contribution >= 4 is 18.6 Å². The fourth-order valence-corrected chi connectivity index (χ4v) is 4.25. The number of nitrogens with one attached hydrogen (secondary N) is 1. The molecule has 1 fully saturated rings. The number of rotatable bonds is 4. The number of hydrogen-bond acceptors (Lipinski definition) is 5. The van der Waals surface area contributed by atoms with E-state index in [0.717, 1.165) is 33.6 Å². The van der Waals surface area contributed by atoms with Crippen LogP contribution in [-0.2, 0) is 9.53 Å². The van der Waals surface area contributed by atoms with E-state index in [9.17, 15) is 9.90 Å². The zero-order chi connectivity index (χ0) is 21.5. The first-order chi connectivity index (χ1) is 14.2. The van der Waals surface area contributed by atoms with Crippen molar-refractivity contribution in [2.45, 2.75) is 50.6 Å². The average Bonchev–Trinajstić information content (AvgIpc) is 3.11. The molecule has 0 spiro atoms. The molecule has 0 aliphatic carbocycles. The van der Waals surface area contributed by atoms with Gasteiger partial charge in [0.05, 0.1) is 28.7 Å². The van der Waals surface area contributed by atoms with Crippen LogP contribution in [0.25, 0.3) is 22.5 Å². The summed E-state index contributed by atoms with van der Waals surface area (Å²) >= 11 is 4.73. The zero-order valence-electron chi connectivity index (χ0n) is 17.3. The summed E-state index contributed by atoms with van der Waals surface area (Å²) < 4.78 is 5.50. The second kappa shape index (κ2) is 7.93. The van der Waals surface area contributed by atoms with Gasteiger partial charge >= 0.3 is 5.97 Å². The van der Waals surface area contributed by atoms with Gasteiger partial charge in [-0.15, -0.1) is 0 Å². The van der Waals surface area contributed by atoms with Crippen LogP contribution in [0.5, 0.6) is 0 Å². The number of carbonyl (C=O) groups is 1. The molecule has 3 atom stereocenters. The Morgan fingerprint density at radius 3 is 2.43 bits per heavy atom. The predicted molar refractivity (Wildman–Crippen MR) is 120 cm³/mol. The molecule has 3 aromatic rings. The number of aromatic nitrogens is 2. The largest absolute Gasteiger partial charge is 0.461 e. The molecule has 0 saturated carbocycles. The summed E-state index contributed by atoms with van der Waals surface area (Å²) in [6.07, 6.45) is -0.260. The molecule has 4 rings (SSSR count). The number of aliphatic hydroxyl groups is 1. The van der Waals surface area contributed by atoms with Gasteiger partial charge in [-0.1, -0.05) is 47.5 Å². The first-order valence-electron chi connectivity index (χ1n) is 10.1. The highest BCUT2D eigenvalue weighted by molar-refractivity contribution is 7.80. The maximum atomic E-state index is 12.0. The van der Waals surface area contributed by atoms with Crippen LogP contribution in [0.15, 0.2) is 48.5 Å². The molecule has 0 radical (unpaired) electrons. The van der Waals surface area contributed by atoms with Gasteiger partial charge in [-0.3, -0.25) is 4.79 Å². The Hall–Kier alpha value is -2.57. The number of benzene rings is 2. The Balaban J connectivity index is 1.78. The van der Waals surface area contributed by atoms with E-state index in [4.69, 9.17) is 22.3 Å². The smallest absolute Gasteiger partial charge is 0.309 e. The average molecular weight is 423 g/mol. The molecule has 30 heavy (non-hydrogen) atoms. The monoisotopic (exact) mass is 422 g/mol. The Morgan fingerprint density at radius 1 is 1.17 bits per heavy atom. The molecule has 6 heteroatoms. The summed E-state index contributed by atoms with van der Waals surface area (Å²) in [5, 5.41) is 9.94. The van der Waals surface area contributed by atoms with E-state index in [-0.39, 0.29) is 6.42 Å². The highest BCUT2D eigenvalue weighted by Gasteiger charge is 2.40. The number of aromatic amines is 1. The number of thiol groups is 1. The van der Waals surface area contributed by atoms with Crippen molar-refractivity contribution in [2.75, 3.05) is 0 Å². The van der Waals surface area contributed by atoms with Gasteiger partial charge < -0.3 is 14.8 Å². The molecule has 2 aromatic carbocycles. The molecule has 2 N–H and O–H groups in total. The van der Waals surface area contributed by atoms with Crippen LogP contribution in [0, 0.1) is 13.8 Å². The Bertz CT molecular complexity index is 1030. The van der Waals surface area contributed by atoms with Gasteiger partial charge in [0.1, 0.15) is 11.9 Å². The van der Waals surface area contributed by atoms with Crippen molar-refractivity contribution in [3.8, 4) is 22.5 Å². The minimum absolute atomic E-state index is 0.00869. The zero-order valence-corrected chi connectivity index (χ0v) is 18.2. The van der Waals surface area contributed by atoms with E-state index in [0.29, 0.717) is 12.2 Å². The summed E-state index contributed by atoms with van der Waals surface area (Å²) in [6.45, 7) is 5.76. The molecule has 2 unspecified atom stereocenters. The van der Waals surface area contributed by atoms with Gasteiger partial charge in [-0.05, 0) is 32.9 Å². The summed E-state index contributed by atoms with van der Waals surface area (Å²) in [5.41, 5.74) is 4.94. The maximum absolute atomic E-state index is 12.0. The second-order valence-corrected chi connectivity index (χ2v) is 8.99. The number of cyclic esters (lactones) is 1. The normalized spacial score (nSPS) is 22.6. The summed E-state index contributed by atoms with van der Waals surface area (Å²) in [5.74, 6) is 0.196. The Kier molecular flexibility index (Phi) is 5.47. The van der Waals surface area contributed by atoms with Gasteiger partial charge in [-0.2, -0.15) is 12.6 Å². The van der Waals surface area contributed by atoms with E-state index >= 15 is 0 Å². The van der Waals surface area contributed by atoms with E-state index in [2.05, 4.69) is 30.1 Å². The number of aryl methyl sites for hydroxylation is 2. The van der Waals surface area contributed by atoms with Crippen LogP contribution in [0.4, 0.5) is 0 Å². The third kappa shape index (κ3) is 4.30. The van der Waals surface area contributed by atoms with Crippen molar-refractivity contribution in [2.24, 2.45) is 0 Å². The van der Waals surface area contributed by atoms with Gasteiger partial charge in [0, 0.05) is 17.5 Å². The highest BCUT2D eigenvalue weighted by atomic mass is 32.1. The Labute approximate surface area is 181 Å². The van der Waals surface area contributed by atoms with Crippen LogP contribution in [0.3, 0.4) is 0 Å². The van der Waals surface area contributed by atoms with Crippen LogP contribution >= 0.6 is 12.6 Å². The summed E-state index contributed by atoms with van der Waals surface area (Å²) in [4.78, 5) is 20.3. The van der Waals surface area contributed by atoms with Gasteiger partial charge in [0.25, 0.3) is 0 Å². The summed E-state index contributed by atoms with van der Waals surface area (Å²) in [7, 11) is 0. The minimum atomic E-state index is -1.10. The number of H-pyrrole nitrogens is 1. The van der Waals surface area contributed by atoms with Gasteiger partial charge in [0.15, 0.2) is 0 Å². The molecule has 1 aliphatic heterocycles. The fourth-order valence-electron chi connectivity index (χ4n) is 3.96. The van der Waals surface area contributed by atoms with Crippen molar-refractivity contribution in [1.82, 2.24) is 9.97 Å². The van der Waals surface area contributed by atoms with E-state index < -0.39 is 22.9 Å². The first-order valence-corrected chi connectivity index (χ1v) is 10.6. The maximum Gasteiger partial charge on any atom is 0.309 e. The molecule has 156 valence electrons. The van der Waals surface area contributed by atoms with E-state index in [1.54, 1.807) is 6.92 Å². The van der Waals surface area contributed by atoms with Crippen LogP contribution < -0.4 is 0 Å². The molecule has 0 amide bonds. The first kappa shape index (κ1) is 20.7. The third-order valence-electron chi connectivity index (χ3n) is 5.40. The predicted octanol–water partition coefficient (Wildman–Crippen LogP) is 4.79. The number of hydrogen-bond donors (Lipinski definition) is 3. The molecule has 1 aliphatic rings. The number of nitrogens with zero attached hydrogens (tertiary/aromatic N) is 1. The Morgan fingerprint density at radius 2 is 1.80 bits per heavy atom. The van der Waals surface area contributed by atoms with Crippen LogP contribution in [0.2, 0.25) is 0 Å². The third-order valence-corrected chi connectivity index (χ3v) is 5.98. The number of carbonyl (C=O) groups excluding carboxylic acids is 1. The molecule has 2 heterocycles. The number of imidazole rings is 1. The molecule has 0 bridgehead atoms. The van der Waals surface area contributed by atoms with E-state index in [1.165, 1.54) is 0 Å². The SMILES string of the molecule is Cc1cccc(-c2nc(C(S)[C@@H]3CC(C)(O)CC(=O)O3)[nH]c2-c2cccc(C)c2)c1. The quantitative estimate of drug-likeness (QED) is 0.417. The van der Waals surface area contributed by atoms with Crippen molar-refractivity contribution in [3.05, 3.63) is 65.5 Å². The molecule has 1 aromatic heterocycles.